The first kappa shape index (κ1) is 38.4. The number of anilines is 2. The van der Waals surface area contributed by atoms with E-state index in [0.717, 1.165) is 78.1 Å². The summed E-state index contributed by atoms with van der Waals surface area (Å²) in [6, 6.07) is 23.8. The van der Waals surface area contributed by atoms with Crippen LogP contribution in [-0.4, -0.2) is 73.9 Å². The Balaban J connectivity index is 1.18. The molecule has 0 spiro atoms. The van der Waals surface area contributed by atoms with Crippen LogP contribution in [0.15, 0.2) is 95.7 Å². The lowest BCUT2D eigenvalue weighted by molar-refractivity contribution is -0.112. The van der Waals surface area contributed by atoms with Crippen LogP contribution in [-0.2, 0) is 42.0 Å². The van der Waals surface area contributed by atoms with Crippen molar-refractivity contribution in [1.82, 2.24) is 4.98 Å². The molecule has 9 nitrogen and oxygen atoms in total. The summed E-state index contributed by atoms with van der Waals surface area (Å²) in [4.78, 5) is 21.1. The van der Waals surface area contributed by atoms with Crippen LogP contribution in [0.4, 0.5) is 11.4 Å². The van der Waals surface area contributed by atoms with E-state index in [1.165, 1.54) is 0 Å². The number of fused-ring (bicyclic) bond motifs is 1. The molecule has 0 aliphatic carbocycles. The van der Waals surface area contributed by atoms with Gasteiger partial charge in [-0.1, -0.05) is 38.5 Å². The third-order valence-electron chi connectivity index (χ3n) is 9.55. The monoisotopic (exact) mass is 737 g/mol. The van der Waals surface area contributed by atoms with Crippen molar-refractivity contribution in [3.05, 3.63) is 107 Å². The Morgan fingerprint density at radius 2 is 1.79 bits per heavy atom. The molecule has 2 atom stereocenters. The van der Waals surface area contributed by atoms with E-state index in [9.17, 15) is 9.00 Å². The normalized spacial score (nSPS) is 17.5. The Morgan fingerprint density at radius 3 is 2.57 bits per heavy atom. The Hall–Kier alpha value is -4.35. The van der Waals surface area contributed by atoms with E-state index in [4.69, 9.17) is 18.9 Å². The summed E-state index contributed by atoms with van der Waals surface area (Å²) in [5.41, 5.74) is 7.66. The van der Waals surface area contributed by atoms with E-state index < -0.39 is 10.8 Å². The molecule has 0 radical (unpaired) electrons. The molecule has 2 aliphatic heterocycles. The van der Waals surface area contributed by atoms with Crippen molar-refractivity contribution in [1.29, 1.82) is 0 Å². The van der Waals surface area contributed by atoms with Crippen LogP contribution in [0, 0.1) is 0 Å². The molecule has 3 heterocycles. The summed E-state index contributed by atoms with van der Waals surface area (Å²) in [6.07, 6.45) is 10.0. The molecule has 6 rings (SSSR count). The van der Waals surface area contributed by atoms with Gasteiger partial charge in [-0.3, -0.25) is 14.0 Å². The lowest BCUT2D eigenvalue weighted by Gasteiger charge is -2.33. The number of aromatic nitrogens is 1. The number of hydrogen-bond acceptors (Lipinski definition) is 8. The van der Waals surface area contributed by atoms with E-state index in [0.29, 0.717) is 67.9 Å². The molecule has 0 saturated carbocycles. The standard InChI is InChI=1S/C43H51N3O6S/c1-3-5-21-49-22-24-51-39-13-8-33(9-14-39)34-10-17-42-36(26-34)27-35(7-6-20-46(42)29-40-30-50-23-25-52-40)43(47)45-38-11-15-41(16-12-38)53(48)31-37-28-44-19-18-32(37)4-2/h8-19,26-28,40H,3-7,20-25,29-31H2,1-2H3,(H,45,47)/b35-27+/t40-,53?/m1/s1. The molecule has 4 aromatic rings. The highest BCUT2D eigenvalue weighted by Gasteiger charge is 2.23. The summed E-state index contributed by atoms with van der Waals surface area (Å²) < 4.78 is 36.4. The summed E-state index contributed by atoms with van der Waals surface area (Å²) in [5, 5.41) is 3.10. The van der Waals surface area contributed by atoms with Gasteiger partial charge in [-0.15, -0.1) is 0 Å². The van der Waals surface area contributed by atoms with Crippen LogP contribution in [0.25, 0.3) is 17.2 Å². The Bertz CT molecular complexity index is 1840. The predicted octanol–water partition coefficient (Wildman–Crippen LogP) is 7.85. The highest BCUT2D eigenvalue weighted by molar-refractivity contribution is 7.84. The number of nitrogens with zero attached hydrogens (tertiary/aromatic N) is 2. The number of carbonyl (C=O) groups is 1. The molecule has 1 saturated heterocycles. The second-order valence-corrected chi connectivity index (χ2v) is 14.8. The molecule has 1 N–H and O–H groups in total. The van der Waals surface area contributed by atoms with Crippen molar-refractivity contribution in [2.45, 2.75) is 62.7 Å². The number of rotatable bonds is 16. The van der Waals surface area contributed by atoms with Crippen molar-refractivity contribution >= 4 is 34.2 Å². The topological polar surface area (TPSA) is 99.2 Å². The number of unbranched alkanes of at least 4 members (excludes halogenated alkanes) is 1. The van der Waals surface area contributed by atoms with Crippen LogP contribution in [0.3, 0.4) is 0 Å². The van der Waals surface area contributed by atoms with E-state index in [1.807, 2.05) is 48.5 Å². The summed E-state index contributed by atoms with van der Waals surface area (Å²) >= 11 is 0. The molecular weight excluding hydrogens is 687 g/mol. The van der Waals surface area contributed by atoms with Gasteiger partial charge in [0.05, 0.1) is 49.1 Å². The lowest BCUT2D eigenvalue weighted by Crippen LogP contribution is -2.41. The third kappa shape index (κ3) is 10.9. The van der Waals surface area contributed by atoms with E-state index in [1.54, 1.807) is 12.4 Å². The molecule has 280 valence electrons. The van der Waals surface area contributed by atoms with Crippen molar-refractivity contribution < 1.29 is 28.0 Å². The van der Waals surface area contributed by atoms with Gasteiger partial charge in [-0.25, -0.2) is 0 Å². The maximum Gasteiger partial charge on any atom is 0.251 e. The summed E-state index contributed by atoms with van der Waals surface area (Å²) in [6.45, 7) is 9.37. The predicted molar refractivity (Wildman–Crippen MR) is 212 cm³/mol. The van der Waals surface area contributed by atoms with Gasteiger partial charge in [0.25, 0.3) is 5.91 Å². The minimum atomic E-state index is -1.23. The van der Waals surface area contributed by atoms with Crippen molar-refractivity contribution in [3.63, 3.8) is 0 Å². The molecule has 1 unspecified atom stereocenters. The van der Waals surface area contributed by atoms with Crippen molar-refractivity contribution in [3.8, 4) is 16.9 Å². The zero-order valence-electron chi connectivity index (χ0n) is 30.9. The van der Waals surface area contributed by atoms with Gasteiger partial charge in [0.2, 0.25) is 0 Å². The fourth-order valence-corrected chi connectivity index (χ4v) is 7.75. The van der Waals surface area contributed by atoms with Gasteiger partial charge in [-0.2, -0.15) is 0 Å². The van der Waals surface area contributed by atoms with Crippen LogP contribution in [0.2, 0.25) is 0 Å². The van der Waals surface area contributed by atoms with Crippen molar-refractivity contribution in [2.24, 2.45) is 0 Å². The molecular formula is C43H51N3O6S. The summed E-state index contributed by atoms with van der Waals surface area (Å²) in [5.74, 6) is 1.06. The second-order valence-electron chi connectivity index (χ2n) is 13.4. The number of pyridine rings is 1. The number of benzene rings is 3. The average molecular weight is 738 g/mol. The van der Waals surface area contributed by atoms with E-state index >= 15 is 0 Å². The number of ether oxygens (including phenoxy) is 4. The molecule has 1 amide bonds. The second kappa shape index (κ2) is 19.6. The Kier molecular flexibility index (Phi) is 14.2. The van der Waals surface area contributed by atoms with Crippen LogP contribution in [0.1, 0.15) is 56.2 Å². The molecule has 3 aromatic carbocycles. The molecule has 10 heteroatoms. The van der Waals surface area contributed by atoms with E-state index in [-0.39, 0.29) is 12.0 Å². The van der Waals surface area contributed by atoms with Crippen LogP contribution in [0.5, 0.6) is 5.75 Å². The van der Waals surface area contributed by atoms with Gasteiger partial charge < -0.3 is 29.2 Å². The molecule has 1 fully saturated rings. The van der Waals surface area contributed by atoms with Crippen LogP contribution >= 0.6 is 0 Å². The first-order chi connectivity index (χ1) is 26.0. The fraction of sp³-hybridized carbons (Fsp3) is 0.395. The van der Waals surface area contributed by atoms with Crippen molar-refractivity contribution in [2.75, 3.05) is 62.9 Å². The Labute approximate surface area is 316 Å². The molecule has 2 aliphatic rings. The smallest absolute Gasteiger partial charge is 0.251 e. The maximum atomic E-state index is 13.8. The zero-order chi connectivity index (χ0) is 36.8. The molecule has 53 heavy (non-hydrogen) atoms. The van der Waals surface area contributed by atoms with E-state index in [2.05, 4.69) is 59.4 Å². The fourth-order valence-electron chi connectivity index (χ4n) is 6.60. The molecule has 1 aromatic heterocycles. The van der Waals surface area contributed by atoms with Gasteiger partial charge in [0.1, 0.15) is 12.4 Å². The maximum absolute atomic E-state index is 13.8. The largest absolute Gasteiger partial charge is 0.491 e. The first-order valence-corrected chi connectivity index (χ1v) is 20.1. The number of amides is 1. The van der Waals surface area contributed by atoms with Gasteiger partial charge in [-0.05, 0) is 114 Å². The third-order valence-corrected chi connectivity index (χ3v) is 10.9. The number of aryl methyl sites for hydroxylation is 1. The quantitative estimate of drug-likeness (QED) is 0.116. The minimum absolute atomic E-state index is 0.0117. The lowest BCUT2D eigenvalue weighted by atomic mass is 9.96. The van der Waals surface area contributed by atoms with Gasteiger partial charge in [0.15, 0.2) is 0 Å². The number of carbonyl (C=O) groups excluding carboxylic acids is 1. The zero-order valence-corrected chi connectivity index (χ0v) is 31.7. The Morgan fingerprint density at radius 1 is 0.962 bits per heavy atom. The average Bonchev–Trinajstić information content (AvgIpc) is 3.18. The minimum Gasteiger partial charge on any atom is -0.491 e. The number of hydrogen-bond donors (Lipinski definition) is 1. The first-order valence-electron chi connectivity index (χ1n) is 18.8. The summed E-state index contributed by atoms with van der Waals surface area (Å²) in [7, 11) is -1.23. The SMILES string of the molecule is CCCCOCCOc1ccc(-c2ccc3c(c2)/C=C(/C(=O)Nc2ccc(S(=O)Cc4cnccc4CC)cc2)CCCN3C[C@@H]2COCCO2)cc1. The van der Waals surface area contributed by atoms with Gasteiger partial charge >= 0.3 is 0 Å². The number of nitrogens with one attached hydrogen (secondary N) is 1. The highest BCUT2D eigenvalue weighted by atomic mass is 32.2. The van der Waals surface area contributed by atoms with Gasteiger partial charge in [0, 0.05) is 53.9 Å². The highest BCUT2D eigenvalue weighted by Crippen LogP contribution is 2.33. The van der Waals surface area contributed by atoms with Crippen LogP contribution < -0.4 is 15.0 Å². The molecule has 0 bridgehead atoms.